The van der Waals surface area contributed by atoms with Crippen molar-refractivity contribution in [3.8, 4) is 0 Å². The van der Waals surface area contributed by atoms with Gasteiger partial charge in [-0.25, -0.2) is 23.5 Å². The monoisotopic (exact) mass is 279 g/mol. The van der Waals surface area contributed by atoms with Crippen LogP contribution in [0.4, 0.5) is 14.7 Å². The van der Waals surface area contributed by atoms with Crippen molar-refractivity contribution < 1.29 is 18.7 Å². The summed E-state index contributed by atoms with van der Waals surface area (Å²) in [5, 5.41) is 8.72. The van der Waals surface area contributed by atoms with Gasteiger partial charge in [0.1, 0.15) is 0 Å². The minimum atomic E-state index is -2.17. The first-order valence-electron chi connectivity index (χ1n) is 5.16. The van der Waals surface area contributed by atoms with Crippen molar-refractivity contribution in [3.05, 3.63) is 18.2 Å². The molecule has 1 aliphatic rings. The molecule has 18 heavy (non-hydrogen) atoms. The maximum atomic E-state index is 13.7. The Labute approximate surface area is 108 Å². The van der Waals surface area contributed by atoms with Crippen molar-refractivity contribution in [1.82, 2.24) is 9.97 Å². The van der Waals surface area contributed by atoms with E-state index in [0.717, 1.165) is 12.4 Å². The summed E-state index contributed by atoms with van der Waals surface area (Å²) in [6.45, 7) is 0.406. The molecule has 1 aromatic rings. The van der Waals surface area contributed by atoms with Crippen LogP contribution >= 0.6 is 12.4 Å². The fourth-order valence-electron chi connectivity index (χ4n) is 1.74. The highest BCUT2D eigenvalue weighted by atomic mass is 35.5. The normalized spacial score (nSPS) is 18.0. The maximum absolute atomic E-state index is 13.7. The van der Waals surface area contributed by atoms with Crippen LogP contribution in [-0.2, 0) is 4.79 Å². The Hall–Kier alpha value is -1.50. The third kappa shape index (κ3) is 2.84. The number of rotatable bonds is 2. The van der Waals surface area contributed by atoms with E-state index in [9.17, 15) is 13.6 Å². The second-order valence-corrected chi connectivity index (χ2v) is 3.96. The Balaban J connectivity index is 0.00000162. The Bertz CT molecular complexity index is 422. The summed E-state index contributed by atoms with van der Waals surface area (Å²) in [6, 6.07) is 0. The molecule has 5 nitrogen and oxygen atoms in total. The Morgan fingerprint density at radius 2 is 1.83 bits per heavy atom. The molecule has 0 saturated carbocycles. The van der Waals surface area contributed by atoms with E-state index in [4.69, 9.17) is 5.11 Å². The summed E-state index contributed by atoms with van der Waals surface area (Å²) in [7, 11) is 0. The SMILES string of the molecule is Cl.O=C(O)C1(F)CCN(c2ncc(F)cn2)CC1. The fourth-order valence-corrected chi connectivity index (χ4v) is 1.74. The molecule has 0 atom stereocenters. The predicted molar refractivity (Wildman–Crippen MR) is 62.2 cm³/mol. The zero-order valence-electron chi connectivity index (χ0n) is 9.34. The van der Waals surface area contributed by atoms with Crippen LogP contribution in [0.25, 0.3) is 0 Å². The molecule has 1 aromatic heterocycles. The van der Waals surface area contributed by atoms with E-state index in [-0.39, 0.29) is 38.3 Å². The van der Waals surface area contributed by atoms with Crippen LogP contribution in [0.2, 0.25) is 0 Å². The third-order valence-electron chi connectivity index (χ3n) is 2.83. The molecule has 0 unspecified atom stereocenters. The summed E-state index contributed by atoms with van der Waals surface area (Å²) in [4.78, 5) is 19.9. The van der Waals surface area contributed by atoms with E-state index in [1.807, 2.05) is 0 Å². The fraction of sp³-hybridized carbons (Fsp3) is 0.500. The molecular formula is C10H12ClF2N3O2. The average Bonchev–Trinajstić information content (AvgIpc) is 2.31. The number of carboxylic acid groups (broad SMARTS) is 1. The average molecular weight is 280 g/mol. The van der Waals surface area contributed by atoms with Gasteiger partial charge in [0.15, 0.2) is 5.82 Å². The van der Waals surface area contributed by atoms with E-state index in [1.165, 1.54) is 0 Å². The number of halogens is 3. The predicted octanol–water partition coefficient (Wildman–Crippen LogP) is 1.43. The van der Waals surface area contributed by atoms with E-state index < -0.39 is 17.5 Å². The van der Waals surface area contributed by atoms with Gasteiger partial charge >= 0.3 is 5.97 Å². The lowest BCUT2D eigenvalue weighted by Gasteiger charge is -2.33. The van der Waals surface area contributed by atoms with Crippen molar-refractivity contribution >= 4 is 24.3 Å². The first kappa shape index (κ1) is 14.6. The van der Waals surface area contributed by atoms with Crippen LogP contribution in [0.15, 0.2) is 12.4 Å². The summed E-state index contributed by atoms with van der Waals surface area (Å²) < 4.78 is 26.3. The van der Waals surface area contributed by atoms with Gasteiger partial charge in [0.05, 0.1) is 12.4 Å². The second kappa shape index (κ2) is 5.43. The smallest absolute Gasteiger partial charge is 0.341 e. The molecule has 0 radical (unpaired) electrons. The van der Waals surface area contributed by atoms with Crippen molar-refractivity contribution in [2.24, 2.45) is 0 Å². The van der Waals surface area contributed by atoms with Gasteiger partial charge in [-0.15, -0.1) is 12.4 Å². The number of aromatic nitrogens is 2. The number of hydrogen-bond acceptors (Lipinski definition) is 4. The molecule has 1 aliphatic heterocycles. The quantitative estimate of drug-likeness (QED) is 0.887. The molecule has 0 aliphatic carbocycles. The van der Waals surface area contributed by atoms with Gasteiger partial charge in [0.25, 0.3) is 0 Å². The molecule has 1 N–H and O–H groups in total. The van der Waals surface area contributed by atoms with Gasteiger partial charge in [-0.2, -0.15) is 0 Å². The topological polar surface area (TPSA) is 66.3 Å². The molecule has 1 fully saturated rings. The van der Waals surface area contributed by atoms with E-state index in [2.05, 4.69) is 9.97 Å². The molecule has 2 heterocycles. The standard InChI is InChI=1S/C10H11F2N3O2.ClH/c11-7-5-13-9(14-6-7)15-3-1-10(12,2-4-15)8(16)17;/h5-6H,1-4H2,(H,16,17);1H. The number of alkyl halides is 1. The highest BCUT2D eigenvalue weighted by molar-refractivity contribution is 5.85. The lowest BCUT2D eigenvalue weighted by atomic mass is 9.94. The lowest BCUT2D eigenvalue weighted by Crippen LogP contribution is -2.47. The van der Waals surface area contributed by atoms with Gasteiger partial charge in [-0.05, 0) is 0 Å². The number of nitrogens with zero attached hydrogens (tertiary/aromatic N) is 3. The number of carboxylic acids is 1. The first-order valence-corrected chi connectivity index (χ1v) is 5.16. The summed E-state index contributed by atoms with van der Waals surface area (Å²) >= 11 is 0. The third-order valence-corrected chi connectivity index (χ3v) is 2.83. The van der Waals surface area contributed by atoms with Crippen LogP contribution in [0.5, 0.6) is 0 Å². The minimum Gasteiger partial charge on any atom is -0.479 e. The van der Waals surface area contributed by atoms with Gasteiger partial charge in [0, 0.05) is 25.9 Å². The van der Waals surface area contributed by atoms with E-state index >= 15 is 0 Å². The minimum absolute atomic E-state index is 0. The van der Waals surface area contributed by atoms with Gasteiger partial charge in [-0.3, -0.25) is 0 Å². The number of anilines is 1. The van der Waals surface area contributed by atoms with Crippen LogP contribution in [0, 0.1) is 5.82 Å². The zero-order chi connectivity index (χ0) is 12.5. The summed E-state index contributed by atoms with van der Waals surface area (Å²) in [6.07, 6.45) is 1.81. The number of hydrogen-bond donors (Lipinski definition) is 1. The molecule has 100 valence electrons. The Kier molecular flexibility index (Phi) is 4.39. The van der Waals surface area contributed by atoms with E-state index in [1.54, 1.807) is 4.90 Å². The van der Waals surface area contributed by atoms with E-state index in [0.29, 0.717) is 5.95 Å². The van der Waals surface area contributed by atoms with Crippen molar-refractivity contribution in [2.45, 2.75) is 18.5 Å². The van der Waals surface area contributed by atoms with Crippen molar-refractivity contribution in [1.29, 1.82) is 0 Å². The van der Waals surface area contributed by atoms with Crippen LogP contribution in [0.1, 0.15) is 12.8 Å². The molecule has 2 rings (SSSR count). The van der Waals surface area contributed by atoms with Crippen molar-refractivity contribution in [3.63, 3.8) is 0 Å². The molecule has 0 aromatic carbocycles. The molecule has 1 saturated heterocycles. The van der Waals surface area contributed by atoms with Crippen LogP contribution < -0.4 is 4.90 Å². The lowest BCUT2D eigenvalue weighted by molar-refractivity contribution is -0.152. The largest absolute Gasteiger partial charge is 0.479 e. The van der Waals surface area contributed by atoms with Gasteiger partial charge in [-0.1, -0.05) is 0 Å². The van der Waals surface area contributed by atoms with Crippen molar-refractivity contribution in [2.75, 3.05) is 18.0 Å². The zero-order valence-corrected chi connectivity index (χ0v) is 10.2. The number of carbonyl (C=O) groups is 1. The highest BCUT2D eigenvalue weighted by Crippen LogP contribution is 2.28. The molecule has 0 amide bonds. The van der Waals surface area contributed by atoms with Crippen LogP contribution in [0.3, 0.4) is 0 Å². The second-order valence-electron chi connectivity index (χ2n) is 3.96. The first-order chi connectivity index (χ1) is 8.01. The highest BCUT2D eigenvalue weighted by Gasteiger charge is 2.42. The molecule has 0 bridgehead atoms. The number of piperidine rings is 1. The Morgan fingerprint density at radius 1 is 1.33 bits per heavy atom. The van der Waals surface area contributed by atoms with Gasteiger partial charge in [0.2, 0.25) is 11.6 Å². The molecule has 8 heteroatoms. The van der Waals surface area contributed by atoms with Gasteiger partial charge < -0.3 is 10.0 Å². The summed E-state index contributed by atoms with van der Waals surface area (Å²) in [5.41, 5.74) is -2.17. The molecular weight excluding hydrogens is 268 g/mol. The maximum Gasteiger partial charge on any atom is 0.341 e. The Morgan fingerprint density at radius 3 is 2.28 bits per heavy atom. The summed E-state index contributed by atoms with van der Waals surface area (Å²) in [5.74, 6) is -1.69. The van der Waals surface area contributed by atoms with Crippen LogP contribution in [-0.4, -0.2) is 39.8 Å². The molecule has 0 spiro atoms. The number of aliphatic carboxylic acids is 1.